The van der Waals surface area contributed by atoms with Crippen molar-refractivity contribution < 1.29 is 24.0 Å². The summed E-state index contributed by atoms with van der Waals surface area (Å²) in [6, 6.07) is 10.9. The lowest BCUT2D eigenvalue weighted by Gasteiger charge is -2.08. The van der Waals surface area contributed by atoms with Crippen molar-refractivity contribution in [3.8, 4) is 0 Å². The van der Waals surface area contributed by atoms with Gasteiger partial charge in [-0.15, -0.1) is 0 Å². The quantitative estimate of drug-likeness (QED) is 0.351. The lowest BCUT2D eigenvalue weighted by Crippen LogP contribution is -2.21. The Balaban J connectivity index is 1.68. The Morgan fingerprint density at radius 2 is 1.63 bits per heavy atom. The number of nitrogens with zero attached hydrogens (tertiary/aromatic N) is 1. The minimum atomic E-state index is -0.626. The van der Waals surface area contributed by atoms with Gasteiger partial charge in [0.1, 0.15) is 0 Å². The van der Waals surface area contributed by atoms with Gasteiger partial charge < -0.3 is 15.4 Å². The molecule has 0 aliphatic heterocycles. The van der Waals surface area contributed by atoms with Crippen LogP contribution < -0.4 is 10.6 Å². The summed E-state index contributed by atoms with van der Waals surface area (Å²) in [5, 5.41) is 16.6. The van der Waals surface area contributed by atoms with E-state index < -0.39 is 23.4 Å². The Kier molecular flexibility index (Phi) is 8.30. The fourth-order valence-electron chi connectivity index (χ4n) is 2.45. The molecule has 0 atom stereocenters. The molecule has 0 aromatic heterocycles. The third kappa shape index (κ3) is 7.51. The molecule has 0 spiro atoms. The molecule has 158 valence electrons. The number of nitrogens with one attached hydrogen (secondary N) is 2. The van der Waals surface area contributed by atoms with Gasteiger partial charge in [0.25, 0.3) is 11.6 Å². The van der Waals surface area contributed by atoms with Crippen molar-refractivity contribution in [2.75, 3.05) is 17.2 Å². The summed E-state index contributed by atoms with van der Waals surface area (Å²) in [4.78, 5) is 45.8. The van der Waals surface area contributed by atoms with E-state index in [9.17, 15) is 24.5 Å². The molecule has 0 radical (unpaired) electrons. The lowest BCUT2D eigenvalue weighted by atomic mass is 10.2. The summed E-state index contributed by atoms with van der Waals surface area (Å²) in [7, 11) is 0. The molecular weight excluding hydrogens is 414 g/mol. The molecule has 0 fully saturated rings. The predicted molar refractivity (Wildman–Crippen MR) is 111 cm³/mol. The van der Waals surface area contributed by atoms with Crippen LogP contribution in [0.5, 0.6) is 0 Å². The van der Waals surface area contributed by atoms with Crippen molar-refractivity contribution in [3.63, 3.8) is 0 Å². The molecule has 2 aromatic rings. The maximum atomic E-state index is 11.9. The maximum absolute atomic E-state index is 11.9. The van der Waals surface area contributed by atoms with Gasteiger partial charge in [0.2, 0.25) is 5.91 Å². The van der Waals surface area contributed by atoms with E-state index in [4.69, 9.17) is 16.3 Å². The van der Waals surface area contributed by atoms with Crippen molar-refractivity contribution in [1.29, 1.82) is 0 Å². The number of carbonyl (C=O) groups is 3. The molecule has 0 aliphatic rings. The van der Waals surface area contributed by atoms with Gasteiger partial charge in [-0.3, -0.25) is 24.5 Å². The first-order valence-corrected chi connectivity index (χ1v) is 9.38. The second-order valence-electron chi connectivity index (χ2n) is 6.38. The molecule has 0 heterocycles. The molecule has 0 aliphatic carbocycles. The number of amides is 2. The van der Waals surface area contributed by atoms with E-state index in [1.54, 1.807) is 31.2 Å². The van der Waals surface area contributed by atoms with Crippen LogP contribution in [0.15, 0.2) is 42.5 Å². The highest BCUT2D eigenvalue weighted by Crippen LogP contribution is 2.22. The molecule has 0 unspecified atom stereocenters. The van der Waals surface area contributed by atoms with Crippen molar-refractivity contribution >= 4 is 46.4 Å². The van der Waals surface area contributed by atoms with Gasteiger partial charge in [-0.05, 0) is 43.7 Å². The number of anilines is 2. The second kappa shape index (κ2) is 10.9. The molecule has 2 aromatic carbocycles. The Bertz CT molecular complexity index is 946. The van der Waals surface area contributed by atoms with E-state index in [1.165, 1.54) is 18.2 Å². The Morgan fingerprint density at radius 1 is 1.00 bits per heavy atom. The minimum absolute atomic E-state index is 0.0304. The molecule has 0 saturated heterocycles. The molecule has 30 heavy (non-hydrogen) atoms. The van der Waals surface area contributed by atoms with Gasteiger partial charge in [0.15, 0.2) is 6.61 Å². The summed E-state index contributed by atoms with van der Waals surface area (Å²) in [5.41, 5.74) is 1.17. The van der Waals surface area contributed by atoms with Gasteiger partial charge in [0, 0.05) is 40.9 Å². The smallest absolute Gasteiger partial charge is 0.306 e. The Labute approximate surface area is 177 Å². The first-order chi connectivity index (χ1) is 14.2. The van der Waals surface area contributed by atoms with Crippen LogP contribution in [0, 0.1) is 17.0 Å². The number of rotatable bonds is 9. The zero-order chi connectivity index (χ0) is 22.1. The molecule has 0 bridgehead atoms. The SMILES string of the molecule is Cc1ccc(NC(=O)COC(=O)CCCC(=O)Nc2ccc(Cl)cc2)cc1[N+](=O)[O-]. The molecule has 2 amide bonds. The van der Waals surface area contributed by atoms with Crippen molar-refractivity contribution in [1.82, 2.24) is 0 Å². The van der Waals surface area contributed by atoms with Gasteiger partial charge in [-0.1, -0.05) is 17.7 Å². The molecule has 2 N–H and O–H groups in total. The van der Waals surface area contributed by atoms with E-state index in [0.29, 0.717) is 16.3 Å². The number of benzene rings is 2. The number of hydrogen-bond acceptors (Lipinski definition) is 6. The van der Waals surface area contributed by atoms with Crippen LogP contribution >= 0.6 is 11.6 Å². The number of esters is 1. The highest BCUT2D eigenvalue weighted by Gasteiger charge is 2.14. The summed E-state index contributed by atoms with van der Waals surface area (Å²) < 4.78 is 4.86. The first kappa shape index (κ1) is 22.8. The number of hydrogen-bond donors (Lipinski definition) is 2. The zero-order valence-corrected chi connectivity index (χ0v) is 16.9. The number of nitro groups is 1. The third-order valence-electron chi connectivity index (χ3n) is 3.97. The number of carbonyl (C=O) groups excluding carboxylic acids is 3. The normalized spacial score (nSPS) is 10.2. The van der Waals surface area contributed by atoms with E-state index >= 15 is 0 Å². The standard InChI is InChI=1S/C20H20ClN3O6/c1-13-5-8-16(11-17(13)24(28)29)23-19(26)12-30-20(27)4-2-3-18(25)22-15-9-6-14(21)7-10-15/h5-11H,2-4,12H2,1H3,(H,22,25)(H,23,26). The highest BCUT2D eigenvalue weighted by molar-refractivity contribution is 6.30. The first-order valence-electron chi connectivity index (χ1n) is 9.00. The zero-order valence-electron chi connectivity index (χ0n) is 16.1. The fourth-order valence-corrected chi connectivity index (χ4v) is 2.58. The van der Waals surface area contributed by atoms with Gasteiger partial charge >= 0.3 is 5.97 Å². The van der Waals surface area contributed by atoms with Crippen LogP contribution in [0.1, 0.15) is 24.8 Å². The van der Waals surface area contributed by atoms with Crippen LogP contribution in [0.2, 0.25) is 5.02 Å². The highest BCUT2D eigenvalue weighted by atomic mass is 35.5. The van der Waals surface area contributed by atoms with Crippen LogP contribution in [0.4, 0.5) is 17.1 Å². The van der Waals surface area contributed by atoms with Gasteiger partial charge in [-0.25, -0.2) is 0 Å². The Hall–Kier alpha value is -3.46. The van der Waals surface area contributed by atoms with E-state index in [-0.39, 0.29) is 36.5 Å². The minimum Gasteiger partial charge on any atom is -0.456 e. The summed E-state index contributed by atoms with van der Waals surface area (Å²) in [6.07, 6.45) is 0.332. The topological polar surface area (TPSA) is 128 Å². The molecule has 0 saturated carbocycles. The number of ether oxygens (including phenoxy) is 1. The number of halogens is 1. The largest absolute Gasteiger partial charge is 0.456 e. The summed E-state index contributed by atoms with van der Waals surface area (Å²) in [5.74, 6) is -1.51. The summed E-state index contributed by atoms with van der Waals surface area (Å²) >= 11 is 5.77. The lowest BCUT2D eigenvalue weighted by molar-refractivity contribution is -0.385. The van der Waals surface area contributed by atoms with E-state index in [2.05, 4.69) is 10.6 Å². The van der Waals surface area contributed by atoms with Crippen LogP contribution in [-0.4, -0.2) is 29.3 Å². The molecular formula is C20H20ClN3O6. The molecule has 2 rings (SSSR count). The number of nitro benzene ring substituents is 1. The van der Waals surface area contributed by atoms with Crippen LogP contribution in [0.25, 0.3) is 0 Å². The van der Waals surface area contributed by atoms with E-state index in [0.717, 1.165) is 0 Å². The molecule has 9 nitrogen and oxygen atoms in total. The van der Waals surface area contributed by atoms with Crippen LogP contribution in [-0.2, 0) is 19.1 Å². The van der Waals surface area contributed by atoms with E-state index in [1.807, 2.05) is 0 Å². The Morgan fingerprint density at radius 3 is 2.30 bits per heavy atom. The fraction of sp³-hybridized carbons (Fsp3) is 0.250. The van der Waals surface area contributed by atoms with Gasteiger partial charge in [-0.2, -0.15) is 0 Å². The van der Waals surface area contributed by atoms with Crippen LogP contribution in [0.3, 0.4) is 0 Å². The maximum Gasteiger partial charge on any atom is 0.306 e. The van der Waals surface area contributed by atoms with Crippen molar-refractivity contribution in [2.24, 2.45) is 0 Å². The molecule has 10 heteroatoms. The van der Waals surface area contributed by atoms with Crippen molar-refractivity contribution in [3.05, 3.63) is 63.2 Å². The van der Waals surface area contributed by atoms with Crippen molar-refractivity contribution in [2.45, 2.75) is 26.2 Å². The second-order valence-corrected chi connectivity index (χ2v) is 6.81. The predicted octanol–water partition coefficient (Wildman–Crippen LogP) is 3.85. The summed E-state index contributed by atoms with van der Waals surface area (Å²) in [6.45, 7) is 1.05. The third-order valence-corrected chi connectivity index (χ3v) is 4.22. The number of aryl methyl sites for hydroxylation is 1. The average Bonchev–Trinajstić information content (AvgIpc) is 2.69. The van der Waals surface area contributed by atoms with Gasteiger partial charge in [0.05, 0.1) is 4.92 Å². The average molecular weight is 434 g/mol. The monoisotopic (exact) mass is 433 g/mol.